The van der Waals surface area contributed by atoms with Gasteiger partial charge >= 0.3 is 6.18 Å². The van der Waals surface area contributed by atoms with E-state index in [0.29, 0.717) is 23.6 Å². The van der Waals surface area contributed by atoms with Gasteiger partial charge in [-0.3, -0.25) is 9.48 Å². The molecule has 0 unspecified atom stereocenters. The Morgan fingerprint density at radius 2 is 1.93 bits per heavy atom. The molecule has 160 valence electrons. The number of carbonyl (C=O) groups excluding carboxylic acids is 1. The molecular weight excluding hydrogens is 406 g/mol. The van der Waals surface area contributed by atoms with Crippen LogP contribution in [0.4, 0.5) is 17.6 Å². The maximum absolute atomic E-state index is 12.9. The predicted octanol–water partition coefficient (Wildman–Crippen LogP) is 4.34. The Labute approximate surface area is 169 Å². The number of furan rings is 1. The van der Waals surface area contributed by atoms with Crippen LogP contribution in [-0.4, -0.2) is 22.2 Å². The van der Waals surface area contributed by atoms with Crippen LogP contribution in [0.5, 0.6) is 5.75 Å². The van der Waals surface area contributed by atoms with Crippen molar-refractivity contribution in [2.24, 2.45) is 0 Å². The number of hydrogen-bond acceptors (Lipinski definition) is 4. The molecule has 30 heavy (non-hydrogen) atoms. The number of nitrogens with zero attached hydrogens (tertiary/aromatic N) is 2. The lowest BCUT2D eigenvalue weighted by Gasteiger charge is -2.06. The van der Waals surface area contributed by atoms with E-state index < -0.39 is 17.8 Å². The van der Waals surface area contributed by atoms with Crippen LogP contribution >= 0.6 is 0 Å². The van der Waals surface area contributed by atoms with Gasteiger partial charge in [-0.05, 0) is 55.8 Å². The van der Waals surface area contributed by atoms with Crippen molar-refractivity contribution in [3.63, 3.8) is 0 Å². The number of carbonyl (C=O) groups is 1. The number of amides is 1. The fraction of sp³-hybridized carbons (Fsp3) is 0.300. The number of aryl methyl sites for hydroxylation is 2. The summed E-state index contributed by atoms with van der Waals surface area (Å²) in [5.74, 6) is 0.138. The van der Waals surface area contributed by atoms with Crippen molar-refractivity contribution in [1.82, 2.24) is 15.1 Å². The summed E-state index contributed by atoms with van der Waals surface area (Å²) in [6, 6.07) is 9.55. The minimum absolute atomic E-state index is 0.0685. The SMILES string of the molecule is Cc1cc(C(F)(F)F)nn1CCCNC(=O)c1ccc(COc2ccc(F)cc2)o1. The van der Waals surface area contributed by atoms with Crippen LogP contribution in [0.15, 0.2) is 46.9 Å². The van der Waals surface area contributed by atoms with Crippen LogP contribution in [-0.2, 0) is 19.3 Å². The number of alkyl halides is 3. The lowest BCUT2D eigenvalue weighted by Crippen LogP contribution is -2.25. The first-order valence-electron chi connectivity index (χ1n) is 9.09. The number of aromatic nitrogens is 2. The second kappa shape index (κ2) is 9.02. The standard InChI is InChI=1S/C20H19F4N3O3/c1-13-11-18(20(22,23)24)26-27(13)10-2-9-25-19(28)17-8-7-16(30-17)12-29-15-5-3-14(21)4-6-15/h3-8,11H,2,9-10,12H2,1H3,(H,25,28). The minimum atomic E-state index is -4.48. The predicted molar refractivity (Wildman–Crippen MR) is 98.4 cm³/mol. The average Bonchev–Trinajstić information content (AvgIpc) is 3.31. The molecule has 10 heteroatoms. The van der Waals surface area contributed by atoms with Crippen molar-refractivity contribution in [3.05, 3.63) is 71.2 Å². The number of hydrogen-bond donors (Lipinski definition) is 1. The molecule has 0 spiro atoms. The van der Waals surface area contributed by atoms with E-state index in [1.165, 1.54) is 35.0 Å². The lowest BCUT2D eigenvalue weighted by atomic mass is 10.3. The number of nitrogens with one attached hydrogen (secondary N) is 1. The maximum Gasteiger partial charge on any atom is 0.435 e. The van der Waals surface area contributed by atoms with Gasteiger partial charge in [-0.1, -0.05) is 0 Å². The van der Waals surface area contributed by atoms with E-state index in [9.17, 15) is 22.4 Å². The Balaban J connectivity index is 1.43. The maximum atomic E-state index is 12.9. The highest BCUT2D eigenvalue weighted by atomic mass is 19.4. The van der Waals surface area contributed by atoms with Crippen LogP contribution in [0.25, 0.3) is 0 Å². The second-order valence-electron chi connectivity index (χ2n) is 6.51. The van der Waals surface area contributed by atoms with Gasteiger partial charge in [0, 0.05) is 18.8 Å². The summed E-state index contributed by atoms with van der Waals surface area (Å²) in [5.41, 5.74) is -0.541. The molecule has 0 aliphatic heterocycles. The van der Waals surface area contributed by atoms with Crippen LogP contribution in [0.2, 0.25) is 0 Å². The van der Waals surface area contributed by atoms with E-state index in [-0.39, 0.29) is 31.3 Å². The summed E-state index contributed by atoms with van der Waals surface area (Å²) < 4.78 is 63.0. The number of benzene rings is 1. The van der Waals surface area contributed by atoms with E-state index >= 15 is 0 Å². The molecule has 0 aliphatic carbocycles. The first kappa shape index (κ1) is 21.4. The highest BCUT2D eigenvalue weighted by molar-refractivity contribution is 5.91. The van der Waals surface area contributed by atoms with Gasteiger partial charge in [-0.15, -0.1) is 0 Å². The first-order chi connectivity index (χ1) is 14.2. The van der Waals surface area contributed by atoms with E-state index in [0.717, 1.165) is 6.07 Å². The monoisotopic (exact) mass is 425 g/mol. The Morgan fingerprint density at radius 3 is 2.60 bits per heavy atom. The van der Waals surface area contributed by atoms with E-state index in [1.807, 2.05) is 0 Å². The summed E-state index contributed by atoms with van der Waals surface area (Å²) in [6.07, 6.45) is -4.09. The van der Waals surface area contributed by atoms with Crippen molar-refractivity contribution in [1.29, 1.82) is 0 Å². The second-order valence-corrected chi connectivity index (χ2v) is 6.51. The summed E-state index contributed by atoms with van der Waals surface area (Å²) in [5, 5.41) is 6.18. The molecule has 0 fully saturated rings. The summed E-state index contributed by atoms with van der Waals surface area (Å²) >= 11 is 0. The molecule has 0 saturated heterocycles. The van der Waals surface area contributed by atoms with Gasteiger partial charge < -0.3 is 14.5 Å². The molecule has 0 bridgehead atoms. The van der Waals surface area contributed by atoms with Crippen molar-refractivity contribution in [2.45, 2.75) is 32.7 Å². The molecular formula is C20H19F4N3O3. The lowest BCUT2D eigenvalue weighted by molar-refractivity contribution is -0.141. The smallest absolute Gasteiger partial charge is 0.435 e. The van der Waals surface area contributed by atoms with Gasteiger partial charge in [0.1, 0.15) is 23.9 Å². The Kier molecular flexibility index (Phi) is 6.43. The molecule has 1 amide bonds. The third kappa shape index (κ3) is 5.62. The Morgan fingerprint density at radius 1 is 1.20 bits per heavy atom. The van der Waals surface area contributed by atoms with Crippen molar-refractivity contribution >= 4 is 5.91 Å². The van der Waals surface area contributed by atoms with Gasteiger partial charge in [0.15, 0.2) is 11.5 Å². The summed E-state index contributed by atoms with van der Waals surface area (Å²) in [6.45, 7) is 2.08. The van der Waals surface area contributed by atoms with E-state index in [1.54, 1.807) is 13.0 Å². The van der Waals surface area contributed by atoms with Crippen molar-refractivity contribution < 1.29 is 31.5 Å². The summed E-state index contributed by atoms with van der Waals surface area (Å²) in [4.78, 5) is 12.1. The van der Waals surface area contributed by atoms with Gasteiger partial charge in [0.2, 0.25) is 0 Å². The minimum Gasteiger partial charge on any atom is -0.486 e. The number of ether oxygens (including phenoxy) is 1. The highest BCUT2D eigenvalue weighted by Gasteiger charge is 2.34. The fourth-order valence-electron chi connectivity index (χ4n) is 2.66. The third-order valence-electron chi connectivity index (χ3n) is 4.18. The molecule has 0 atom stereocenters. The average molecular weight is 425 g/mol. The topological polar surface area (TPSA) is 69.3 Å². The Hall–Kier alpha value is -3.30. The number of rotatable bonds is 8. The van der Waals surface area contributed by atoms with Gasteiger partial charge in [0.05, 0.1) is 0 Å². The molecule has 2 heterocycles. The highest BCUT2D eigenvalue weighted by Crippen LogP contribution is 2.28. The molecule has 0 aliphatic rings. The molecule has 1 aromatic carbocycles. The van der Waals surface area contributed by atoms with Crippen LogP contribution < -0.4 is 10.1 Å². The van der Waals surface area contributed by atoms with E-state index in [4.69, 9.17) is 9.15 Å². The summed E-state index contributed by atoms with van der Waals surface area (Å²) in [7, 11) is 0. The largest absolute Gasteiger partial charge is 0.486 e. The normalized spacial score (nSPS) is 11.5. The molecule has 6 nitrogen and oxygen atoms in total. The van der Waals surface area contributed by atoms with Gasteiger partial charge in [0.25, 0.3) is 5.91 Å². The van der Waals surface area contributed by atoms with E-state index in [2.05, 4.69) is 10.4 Å². The van der Waals surface area contributed by atoms with Crippen LogP contribution in [0, 0.1) is 12.7 Å². The number of halogens is 4. The third-order valence-corrected chi connectivity index (χ3v) is 4.18. The van der Waals surface area contributed by atoms with Crippen molar-refractivity contribution in [2.75, 3.05) is 6.54 Å². The molecule has 0 radical (unpaired) electrons. The zero-order chi connectivity index (χ0) is 21.7. The van der Waals surface area contributed by atoms with Gasteiger partial charge in [-0.2, -0.15) is 18.3 Å². The molecule has 2 aromatic heterocycles. The first-order valence-corrected chi connectivity index (χ1v) is 9.09. The fourth-order valence-corrected chi connectivity index (χ4v) is 2.66. The van der Waals surface area contributed by atoms with Crippen molar-refractivity contribution in [3.8, 4) is 5.75 Å². The molecule has 1 N–H and O–H groups in total. The molecule has 3 rings (SSSR count). The van der Waals surface area contributed by atoms with Crippen LogP contribution in [0.1, 0.15) is 34.1 Å². The zero-order valence-electron chi connectivity index (χ0n) is 16.0. The zero-order valence-corrected chi connectivity index (χ0v) is 16.0. The molecule has 0 saturated carbocycles. The quantitative estimate of drug-likeness (QED) is 0.431. The van der Waals surface area contributed by atoms with Gasteiger partial charge in [-0.25, -0.2) is 4.39 Å². The molecule has 3 aromatic rings. The Bertz CT molecular complexity index is 994. The van der Waals surface area contributed by atoms with Crippen LogP contribution in [0.3, 0.4) is 0 Å².